The molecule has 0 aliphatic heterocycles. The summed E-state index contributed by atoms with van der Waals surface area (Å²) in [5.74, 6) is 0.217. The van der Waals surface area contributed by atoms with Gasteiger partial charge in [-0.25, -0.2) is 9.97 Å². The molecule has 1 amide bonds. The van der Waals surface area contributed by atoms with Crippen molar-refractivity contribution in [2.75, 3.05) is 0 Å². The Labute approximate surface area is 147 Å². The van der Waals surface area contributed by atoms with Gasteiger partial charge in [0.2, 0.25) is 0 Å². The Morgan fingerprint density at radius 3 is 2.68 bits per heavy atom. The summed E-state index contributed by atoms with van der Waals surface area (Å²) >= 11 is 0. The molecule has 0 unspecified atom stereocenters. The Kier molecular flexibility index (Phi) is 4.70. The Morgan fingerprint density at radius 1 is 1.20 bits per heavy atom. The Bertz CT molecular complexity index is 899. The summed E-state index contributed by atoms with van der Waals surface area (Å²) in [5.41, 5.74) is 4.98. The zero-order valence-electron chi connectivity index (χ0n) is 15.3. The molecule has 0 spiro atoms. The van der Waals surface area contributed by atoms with Gasteiger partial charge in [0.25, 0.3) is 11.5 Å². The molecular weight excluding hydrogens is 316 g/mol. The van der Waals surface area contributed by atoms with Gasteiger partial charge in [-0.1, -0.05) is 0 Å². The van der Waals surface area contributed by atoms with E-state index in [0.717, 1.165) is 41.9 Å². The summed E-state index contributed by atoms with van der Waals surface area (Å²) < 4.78 is 1.50. The lowest BCUT2D eigenvalue weighted by atomic mass is 9.95. The normalized spacial score (nSPS) is 13.4. The van der Waals surface area contributed by atoms with E-state index in [1.807, 2.05) is 20.8 Å². The molecule has 2 heterocycles. The van der Waals surface area contributed by atoms with Crippen molar-refractivity contribution in [3.05, 3.63) is 56.0 Å². The van der Waals surface area contributed by atoms with Crippen LogP contribution in [0, 0.1) is 20.8 Å². The van der Waals surface area contributed by atoms with Gasteiger partial charge in [0.05, 0.1) is 6.54 Å². The molecule has 6 nitrogen and oxygen atoms in total. The summed E-state index contributed by atoms with van der Waals surface area (Å²) in [6, 6.07) is 1.64. The van der Waals surface area contributed by atoms with Gasteiger partial charge in [-0.3, -0.25) is 9.59 Å². The highest BCUT2D eigenvalue weighted by Crippen LogP contribution is 2.21. The van der Waals surface area contributed by atoms with Crippen molar-refractivity contribution in [3.8, 4) is 0 Å². The molecule has 2 aromatic rings. The Hall–Kier alpha value is -2.50. The number of pyridine rings is 1. The molecule has 0 fully saturated rings. The van der Waals surface area contributed by atoms with Crippen LogP contribution in [-0.4, -0.2) is 20.4 Å². The third kappa shape index (κ3) is 3.34. The minimum atomic E-state index is -0.386. The Balaban J connectivity index is 1.80. The van der Waals surface area contributed by atoms with Crippen molar-refractivity contribution < 1.29 is 4.79 Å². The fraction of sp³-hybridized carbons (Fsp3) is 0.474. The van der Waals surface area contributed by atoms with E-state index in [0.29, 0.717) is 5.82 Å². The second-order valence-electron chi connectivity index (χ2n) is 6.73. The monoisotopic (exact) mass is 340 g/mol. The van der Waals surface area contributed by atoms with Gasteiger partial charge >= 0.3 is 0 Å². The van der Waals surface area contributed by atoms with E-state index in [2.05, 4.69) is 15.3 Å². The van der Waals surface area contributed by atoms with Crippen molar-refractivity contribution in [2.24, 2.45) is 7.05 Å². The predicted octanol–water partition coefficient (Wildman–Crippen LogP) is 1.91. The van der Waals surface area contributed by atoms with Crippen LogP contribution < -0.4 is 10.9 Å². The lowest BCUT2D eigenvalue weighted by Gasteiger charge is -2.17. The second kappa shape index (κ2) is 6.78. The van der Waals surface area contributed by atoms with Crippen LogP contribution >= 0.6 is 0 Å². The van der Waals surface area contributed by atoms with Crippen LogP contribution in [0.1, 0.15) is 57.2 Å². The number of rotatable bonds is 3. The van der Waals surface area contributed by atoms with Crippen LogP contribution in [0.15, 0.2) is 10.9 Å². The van der Waals surface area contributed by atoms with Gasteiger partial charge in [0.15, 0.2) is 0 Å². The first-order valence-electron chi connectivity index (χ1n) is 8.69. The van der Waals surface area contributed by atoms with Crippen LogP contribution in [0.2, 0.25) is 0 Å². The predicted molar refractivity (Wildman–Crippen MR) is 95.7 cm³/mol. The zero-order valence-corrected chi connectivity index (χ0v) is 15.3. The molecule has 2 aromatic heterocycles. The molecule has 0 aromatic carbocycles. The van der Waals surface area contributed by atoms with Gasteiger partial charge < -0.3 is 9.88 Å². The van der Waals surface area contributed by atoms with Crippen LogP contribution in [0.5, 0.6) is 0 Å². The third-order valence-corrected chi connectivity index (χ3v) is 5.06. The van der Waals surface area contributed by atoms with Crippen LogP contribution in [0.4, 0.5) is 0 Å². The number of hydrogen-bond acceptors (Lipinski definition) is 4. The highest BCUT2D eigenvalue weighted by Gasteiger charge is 2.17. The number of hydrogen-bond donors (Lipinski definition) is 1. The van der Waals surface area contributed by atoms with E-state index < -0.39 is 0 Å². The number of nitrogens with one attached hydrogen (secondary N) is 1. The topological polar surface area (TPSA) is 76.9 Å². The lowest BCUT2D eigenvalue weighted by Crippen LogP contribution is -2.33. The number of aryl methyl sites for hydroxylation is 3. The molecule has 1 aliphatic carbocycles. The molecule has 0 atom stereocenters. The molecule has 0 saturated heterocycles. The van der Waals surface area contributed by atoms with Crippen molar-refractivity contribution in [2.45, 2.75) is 53.0 Å². The summed E-state index contributed by atoms with van der Waals surface area (Å²) in [7, 11) is 1.68. The van der Waals surface area contributed by atoms with E-state index in [1.54, 1.807) is 13.1 Å². The largest absolute Gasteiger partial charge is 0.345 e. The smallest absolute Gasteiger partial charge is 0.263 e. The molecule has 25 heavy (non-hydrogen) atoms. The SMILES string of the molecule is Cc1cc(C(=O)NCc2nc(C)c3c(n2)CCCC3)c(=O)n(C)c1C. The average Bonchev–Trinajstić information content (AvgIpc) is 2.61. The van der Waals surface area contributed by atoms with Gasteiger partial charge in [0, 0.05) is 24.1 Å². The number of carbonyl (C=O) groups is 1. The van der Waals surface area contributed by atoms with Crippen molar-refractivity contribution >= 4 is 5.91 Å². The van der Waals surface area contributed by atoms with Gasteiger partial charge in [0.1, 0.15) is 11.4 Å². The summed E-state index contributed by atoms with van der Waals surface area (Å²) in [5, 5.41) is 2.79. The first-order valence-corrected chi connectivity index (χ1v) is 8.69. The maximum absolute atomic E-state index is 12.4. The Morgan fingerprint density at radius 2 is 1.92 bits per heavy atom. The molecular formula is C19H24N4O2. The van der Waals surface area contributed by atoms with E-state index in [4.69, 9.17) is 0 Å². The fourth-order valence-corrected chi connectivity index (χ4v) is 3.32. The molecule has 0 saturated carbocycles. The van der Waals surface area contributed by atoms with Gasteiger partial charge in [-0.2, -0.15) is 0 Å². The van der Waals surface area contributed by atoms with Crippen LogP contribution in [-0.2, 0) is 26.4 Å². The number of aromatic nitrogens is 3. The maximum Gasteiger partial charge on any atom is 0.263 e. The number of amides is 1. The molecule has 0 bridgehead atoms. The molecule has 1 aliphatic rings. The van der Waals surface area contributed by atoms with Crippen molar-refractivity contribution in [1.82, 2.24) is 19.9 Å². The van der Waals surface area contributed by atoms with Crippen LogP contribution in [0.3, 0.4) is 0 Å². The average molecular weight is 340 g/mol. The summed E-state index contributed by atoms with van der Waals surface area (Å²) in [6.07, 6.45) is 4.33. The molecule has 0 radical (unpaired) electrons. The summed E-state index contributed by atoms with van der Waals surface area (Å²) in [6.45, 7) is 5.98. The minimum absolute atomic E-state index is 0.153. The minimum Gasteiger partial charge on any atom is -0.345 e. The standard InChI is InChI=1S/C19H24N4O2/c1-11-9-15(19(25)23(4)13(11)3)18(24)20-10-17-21-12(2)14-7-5-6-8-16(14)22-17/h9H,5-8,10H2,1-4H3,(H,20,24). The van der Waals surface area contributed by atoms with Gasteiger partial charge in [-0.15, -0.1) is 0 Å². The highest BCUT2D eigenvalue weighted by molar-refractivity contribution is 5.94. The molecule has 1 N–H and O–H groups in total. The van der Waals surface area contributed by atoms with E-state index in [1.165, 1.54) is 16.6 Å². The maximum atomic E-state index is 12.4. The first kappa shape index (κ1) is 17.3. The number of nitrogens with zero attached hydrogens (tertiary/aromatic N) is 3. The van der Waals surface area contributed by atoms with Crippen molar-refractivity contribution in [1.29, 1.82) is 0 Å². The third-order valence-electron chi connectivity index (χ3n) is 5.06. The number of carbonyl (C=O) groups excluding carboxylic acids is 1. The molecule has 3 rings (SSSR count). The molecule has 6 heteroatoms. The van der Waals surface area contributed by atoms with Crippen molar-refractivity contribution in [3.63, 3.8) is 0 Å². The number of fused-ring (bicyclic) bond motifs is 1. The first-order chi connectivity index (χ1) is 11.9. The van der Waals surface area contributed by atoms with Gasteiger partial charge in [-0.05, 0) is 63.6 Å². The second-order valence-corrected chi connectivity index (χ2v) is 6.73. The van der Waals surface area contributed by atoms with E-state index in [-0.39, 0.29) is 23.6 Å². The molecule has 132 valence electrons. The zero-order chi connectivity index (χ0) is 18.1. The van der Waals surface area contributed by atoms with E-state index >= 15 is 0 Å². The fourth-order valence-electron chi connectivity index (χ4n) is 3.32. The van der Waals surface area contributed by atoms with Crippen LogP contribution in [0.25, 0.3) is 0 Å². The summed E-state index contributed by atoms with van der Waals surface area (Å²) in [4.78, 5) is 33.9. The van der Waals surface area contributed by atoms with E-state index in [9.17, 15) is 9.59 Å². The highest BCUT2D eigenvalue weighted by atomic mass is 16.2. The lowest BCUT2D eigenvalue weighted by molar-refractivity contribution is 0.0947. The quantitative estimate of drug-likeness (QED) is 0.926.